The molecule has 0 radical (unpaired) electrons. The molecule has 0 atom stereocenters. The van der Waals surface area contributed by atoms with Crippen LogP contribution in [0.1, 0.15) is 23.7 Å². The normalized spacial score (nSPS) is 15.0. The van der Waals surface area contributed by atoms with Gasteiger partial charge in [0.05, 0.1) is 17.8 Å². The zero-order valence-corrected chi connectivity index (χ0v) is 17.7. The fourth-order valence-electron chi connectivity index (χ4n) is 3.86. The standard InChI is InChI=1S/C24H16F5N3O/c1-5-8-31-13(4)15(16-9-11(2)6-7-17(16)31)10-14-12(3)30-32(24(14)33)23-21(28)19(26)18(25)20(27)22(23)29/h1,6-7,9-10H,8H2,2-4H3/b14-10+. The summed E-state index contributed by atoms with van der Waals surface area (Å²) in [6.45, 7) is 5.36. The number of hydrogen-bond acceptors (Lipinski definition) is 2. The molecule has 4 nitrogen and oxygen atoms in total. The van der Waals surface area contributed by atoms with Gasteiger partial charge in [-0.05, 0) is 39.0 Å². The van der Waals surface area contributed by atoms with E-state index in [0.29, 0.717) is 5.56 Å². The molecule has 33 heavy (non-hydrogen) atoms. The number of carbonyl (C=O) groups excluding carboxylic acids is 1. The molecule has 168 valence electrons. The van der Waals surface area contributed by atoms with Crippen molar-refractivity contribution in [2.45, 2.75) is 27.3 Å². The van der Waals surface area contributed by atoms with Gasteiger partial charge in [-0.1, -0.05) is 17.6 Å². The fourth-order valence-corrected chi connectivity index (χ4v) is 3.86. The van der Waals surface area contributed by atoms with Gasteiger partial charge in [0.1, 0.15) is 5.69 Å². The van der Waals surface area contributed by atoms with Gasteiger partial charge >= 0.3 is 0 Å². The lowest BCUT2D eigenvalue weighted by Crippen LogP contribution is -2.25. The maximum atomic E-state index is 14.3. The first kappa shape index (κ1) is 22.3. The number of hydrogen-bond donors (Lipinski definition) is 0. The van der Waals surface area contributed by atoms with Crippen LogP contribution >= 0.6 is 0 Å². The van der Waals surface area contributed by atoms with Crippen LogP contribution in [0.25, 0.3) is 17.0 Å². The lowest BCUT2D eigenvalue weighted by atomic mass is 10.0. The molecule has 0 unspecified atom stereocenters. The molecule has 9 heteroatoms. The minimum atomic E-state index is -2.32. The third-order valence-corrected chi connectivity index (χ3v) is 5.53. The molecule has 1 aromatic heterocycles. The molecular formula is C24H16F5N3O. The summed E-state index contributed by atoms with van der Waals surface area (Å²) in [6.07, 6.45) is 6.97. The van der Waals surface area contributed by atoms with Crippen LogP contribution in [0.15, 0.2) is 28.9 Å². The summed E-state index contributed by atoms with van der Waals surface area (Å²) in [4.78, 5) is 13.0. The van der Waals surface area contributed by atoms with Gasteiger partial charge in [0.25, 0.3) is 5.91 Å². The Labute approximate surface area is 185 Å². The number of hydrazone groups is 1. The number of amides is 1. The molecular weight excluding hydrogens is 441 g/mol. The average molecular weight is 457 g/mol. The minimum absolute atomic E-state index is 0.0499. The van der Waals surface area contributed by atoms with Crippen molar-refractivity contribution in [3.63, 3.8) is 0 Å². The van der Waals surface area contributed by atoms with Crippen LogP contribution in [-0.2, 0) is 11.3 Å². The van der Waals surface area contributed by atoms with E-state index in [-0.39, 0.29) is 22.8 Å². The lowest BCUT2D eigenvalue weighted by Gasteiger charge is -2.15. The maximum Gasteiger partial charge on any atom is 0.280 e. The van der Waals surface area contributed by atoms with Crippen LogP contribution in [0.3, 0.4) is 0 Å². The lowest BCUT2D eigenvalue weighted by molar-refractivity contribution is -0.114. The van der Waals surface area contributed by atoms with Crippen molar-refractivity contribution >= 4 is 34.3 Å². The second kappa shape index (κ2) is 7.89. The number of nitrogens with zero attached hydrogens (tertiary/aromatic N) is 3. The molecule has 2 aromatic carbocycles. The monoisotopic (exact) mass is 457 g/mol. The first-order valence-corrected chi connectivity index (χ1v) is 9.74. The number of aryl methyl sites for hydroxylation is 1. The number of rotatable bonds is 3. The SMILES string of the molecule is C#CCn1c(C)c(/C=C2/C(=O)N(c3c(F)c(F)c(F)c(F)c3F)N=C2C)c2cc(C)ccc21. The molecule has 1 aliphatic heterocycles. The molecule has 1 aliphatic rings. The largest absolute Gasteiger partial charge is 0.333 e. The van der Waals surface area contributed by atoms with E-state index >= 15 is 0 Å². The smallest absolute Gasteiger partial charge is 0.280 e. The molecule has 0 aliphatic carbocycles. The van der Waals surface area contributed by atoms with Crippen molar-refractivity contribution in [1.82, 2.24) is 4.57 Å². The highest BCUT2D eigenvalue weighted by Gasteiger charge is 2.37. The fraction of sp³-hybridized carbons (Fsp3) is 0.167. The Morgan fingerprint density at radius 2 is 1.61 bits per heavy atom. The molecule has 2 heterocycles. The van der Waals surface area contributed by atoms with E-state index in [0.717, 1.165) is 22.2 Å². The highest BCUT2D eigenvalue weighted by molar-refractivity contribution is 6.32. The van der Waals surface area contributed by atoms with Crippen LogP contribution in [0.5, 0.6) is 0 Å². The van der Waals surface area contributed by atoms with Crippen LogP contribution < -0.4 is 5.01 Å². The van der Waals surface area contributed by atoms with Crippen LogP contribution in [0.4, 0.5) is 27.6 Å². The van der Waals surface area contributed by atoms with Crippen molar-refractivity contribution < 1.29 is 26.7 Å². The summed E-state index contributed by atoms with van der Waals surface area (Å²) in [5.41, 5.74) is 1.70. The number of benzene rings is 2. The van der Waals surface area contributed by atoms with Crippen LogP contribution in [0.2, 0.25) is 0 Å². The van der Waals surface area contributed by atoms with Crippen molar-refractivity contribution in [1.29, 1.82) is 0 Å². The number of terminal acetylenes is 1. The Kier molecular flexibility index (Phi) is 5.32. The van der Waals surface area contributed by atoms with E-state index in [1.54, 1.807) is 6.92 Å². The van der Waals surface area contributed by atoms with E-state index < -0.39 is 40.7 Å². The summed E-state index contributed by atoms with van der Waals surface area (Å²) in [7, 11) is 0. The zero-order valence-electron chi connectivity index (χ0n) is 17.7. The Bertz CT molecular complexity index is 1430. The number of aromatic nitrogens is 1. The quantitative estimate of drug-likeness (QED) is 0.171. The average Bonchev–Trinajstić information content (AvgIpc) is 3.19. The van der Waals surface area contributed by atoms with Crippen LogP contribution in [-0.4, -0.2) is 16.2 Å². The van der Waals surface area contributed by atoms with E-state index in [9.17, 15) is 26.7 Å². The molecule has 0 bridgehead atoms. The van der Waals surface area contributed by atoms with Gasteiger partial charge in [-0.3, -0.25) is 4.79 Å². The molecule has 3 aromatic rings. The predicted octanol–water partition coefficient (Wildman–Crippen LogP) is 5.39. The van der Waals surface area contributed by atoms with Crippen molar-refractivity contribution in [2.75, 3.05) is 5.01 Å². The number of anilines is 1. The van der Waals surface area contributed by atoms with Gasteiger partial charge in [0.2, 0.25) is 5.82 Å². The van der Waals surface area contributed by atoms with E-state index in [1.807, 2.05) is 29.7 Å². The van der Waals surface area contributed by atoms with E-state index in [1.165, 1.54) is 13.0 Å². The van der Waals surface area contributed by atoms with Gasteiger partial charge in [-0.25, -0.2) is 22.0 Å². The molecule has 1 amide bonds. The Hall–Kier alpha value is -3.93. The van der Waals surface area contributed by atoms with E-state index in [2.05, 4.69) is 11.0 Å². The zero-order chi connectivity index (χ0) is 24.2. The Morgan fingerprint density at radius 1 is 1.00 bits per heavy atom. The van der Waals surface area contributed by atoms with Gasteiger partial charge < -0.3 is 4.57 Å². The van der Waals surface area contributed by atoms with Crippen molar-refractivity contribution in [3.05, 3.63) is 69.7 Å². The maximum absolute atomic E-state index is 14.3. The number of carbonyl (C=O) groups is 1. The summed E-state index contributed by atoms with van der Waals surface area (Å²) in [5.74, 6) is -9.38. The van der Waals surface area contributed by atoms with Gasteiger partial charge in [0, 0.05) is 22.2 Å². The summed E-state index contributed by atoms with van der Waals surface area (Å²) >= 11 is 0. The van der Waals surface area contributed by atoms with Gasteiger partial charge in [-0.2, -0.15) is 10.1 Å². The molecule has 4 rings (SSSR count). The predicted molar refractivity (Wildman–Crippen MR) is 115 cm³/mol. The number of halogens is 5. The van der Waals surface area contributed by atoms with Crippen molar-refractivity contribution in [2.24, 2.45) is 5.10 Å². The van der Waals surface area contributed by atoms with Gasteiger partial charge in [0.15, 0.2) is 23.3 Å². The highest BCUT2D eigenvalue weighted by atomic mass is 19.2. The second-order valence-corrected chi connectivity index (χ2v) is 7.59. The molecule has 0 saturated heterocycles. The Morgan fingerprint density at radius 3 is 2.21 bits per heavy atom. The Balaban J connectivity index is 1.89. The first-order chi connectivity index (χ1) is 15.6. The summed E-state index contributed by atoms with van der Waals surface area (Å²) in [6, 6.07) is 5.69. The van der Waals surface area contributed by atoms with Gasteiger partial charge in [-0.15, -0.1) is 6.42 Å². The van der Waals surface area contributed by atoms with E-state index in [4.69, 9.17) is 6.42 Å². The molecule has 0 spiro atoms. The third-order valence-electron chi connectivity index (χ3n) is 5.53. The third kappa shape index (κ3) is 3.30. The van der Waals surface area contributed by atoms with Crippen molar-refractivity contribution in [3.8, 4) is 12.3 Å². The minimum Gasteiger partial charge on any atom is -0.333 e. The topological polar surface area (TPSA) is 37.6 Å². The molecule has 0 saturated carbocycles. The number of fused-ring (bicyclic) bond motifs is 1. The second-order valence-electron chi connectivity index (χ2n) is 7.59. The van der Waals surface area contributed by atoms with Crippen LogP contribution in [0, 0.1) is 55.3 Å². The highest BCUT2D eigenvalue weighted by Crippen LogP contribution is 2.35. The first-order valence-electron chi connectivity index (χ1n) is 9.74. The molecule has 0 N–H and O–H groups in total. The summed E-state index contributed by atoms with van der Waals surface area (Å²) in [5, 5.41) is 4.75. The molecule has 0 fully saturated rings. The summed E-state index contributed by atoms with van der Waals surface area (Å²) < 4.78 is 71.2.